The smallest absolute Gasteiger partial charge is 0.788 e. The zero-order valence-corrected chi connectivity index (χ0v) is 14.4. The summed E-state index contributed by atoms with van der Waals surface area (Å²) in [5, 5.41) is 11.2. The van der Waals surface area contributed by atoms with Crippen LogP contribution in [0, 0.1) is 10.1 Å². The van der Waals surface area contributed by atoms with E-state index in [2.05, 4.69) is 35.4 Å². The molecule has 0 amide bonds. The first-order chi connectivity index (χ1) is 4.52. The molecule has 0 unspecified atom stereocenters. The summed E-state index contributed by atoms with van der Waals surface area (Å²) in [6, 6.07) is 0. The predicted molar refractivity (Wildman–Crippen MR) is 40.8 cm³/mol. The number of nitro groups is 1. The van der Waals surface area contributed by atoms with Crippen molar-refractivity contribution in [2.45, 2.75) is 0 Å². The second-order valence-corrected chi connectivity index (χ2v) is 2.11. The quantitative estimate of drug-likeness (QED) is 0.126. The summed E-state index contributed by atoms with van der Waals surface area (Å²) in [4.78, 5) is 12.7. The van der Waals surface area contributed by atoms with Crippen LogP contribution in [0.1, 0.15) is 0 Å². The molecule has 0 aliphatic heterocycles. The summed E-state index contributed by atoms with van der Waals surface area (Å²) >= 11 is 8.58. The van der Waals surface area contributed by atoms with Crippen LogP contribution in [0.2, 0.25) is 0 Å². The standard InChI is InChI=1S/C2H4N4O2S2.2K/c3-1(4-2(9)10)5-6(7)8;;/h(H4,3,4,5,9,10);;/q;2*+1/p-2. The number of rotatable bonds is 1. The van der Waals surface area contributed by atoms with Crippen molar-refractivity contribution in [1.82, 2.24) is 0 Å². The Labute approximate surface area is 165 Å². The molecular formula is C2H2K2N4O2S2. The second kappa shape index (κ2) is 11.3. The SMILES string of the molecule is N/C(N=C([S-])[S-])=N/[N+](=O)[O-].[K+].[K+]. The van der Waals surface area contributed by atoms with Gasteiger partial charge in [-0.15, -0.1) is 0 Å². The number of guanidine groups is 1. The molecule has 0 saturated heterocycles. The summed E-state index contributed by atoms with van der Waals surface area (Å²) in [7, 11) is 0. The molecule has 0 bridgehead atoms. The first kappa shape index (κ1) is 19.8. The Hall–Kier alpha value is 2.25. The molecule has 10 heteroatoms. The van der Waals surface area contributed by atoms with Crippen molar-refractivity contribution in [3.8, 4) is 0 Å². The van der Waals surface area contributed by atoms with Crippen LogP contribution < -0.4 is 109 Å². The Morgan fingerprint density at radius 3 is 2.08 bits per heavy atom. The fraction of sp³-hybridized carbons (Fsp3) is 0. The van der Waals surface area contributed by atoms with Gasteiger partial charge in [0.2, 0.25) is 0 Å². The van der Waals surface area contributed by atoms with Gasteiger partial charge in [-0.3, -0.25) is 4.99 Å². The van der Waals surface area contributed by atoms with Crippen molar-refractivity contribution in [3.63, 3.8) is 0 Å². The summed E-state index contributed by atoms with van der Waals surface area (Å²) in [6.07, 6.45) is 0. The molecule has 6 nitrogen and oxygen atoms in total. The molecule has 0 spiro atoms. The molecule has 12 heavy (non-hydrogen) atoms. The van der Waals surface area contributed by atoms with Gasteiger partial charge in [-0.25, -0.2) is 14.5 Å². The molecule has 0 aromatic heterocycles. The van der Waals surface area contributed by atoms with E-state index in [1.54, 1.807) is 0 Å². The molecule has 0 aromatic rings. The van der Waals surface area contributed by atoms with E-state index in [0.717, 1.165) is 0 Å². The molecule has 0 rings (SSSR count). The molecule has 0 aliphatic carbocycles. The molecule has 0 radical (unpaired) electrons. The van der Waals surface area contributed by atoms with Gasteiger partial charge in [-0.2, -0.15) is 0 Å². The van der Waals surface area contributed by atoms with Gasteiger partial charge in [-0.1, -0.05) is 0 Å². The third-order valence-corrected chi connectivity index (χ3v) is 0.573. The van der Waals surface area contributed by atoms with Crippen LogP contribution in [0.25, 0.3) is 0 Å². The van der Waals surface area contributed by atoms with Crippen LogP contribution in [0.5, 0.6) is 0 Å². The summed E-state index contributed by atoms with van der Waals surface area (Å²) in [5.74, 6) is -0.537. The maximum absolute atomic E-state index is 9.59. The molecule has 0 heterocycles. The fourth-order valence-electron chi connectivity index (χ4n) is 0.200. The number of hydrazone groups is 1. The van der Waals surface area contributed by atoms with Gasteiger partial charge in [0, 0.05) is 0 Å². The van der Waals surface area contributed by atoms with E-state index >= 15 is 0 Å². The molecule has 56 valence electrons. The van der Waals surface area contributed by atoms with Gasteiger partial charge >= 0.3 is 103 Å². The Kier molecular flexibility index (Phi) is 18.7. The van der Waals surface area contributed by atoms with Gasteiger partial charge in [0.15, 0.2) is 5.03 Å². The van der Waals surface area contributed by atoms with Crippen molar-refractivity contribution < 1.29 is 108 Å². The van der Waals surface area contributed by atoms with Gasteiger partial charge < -0.3 is 31.0 Å². The van der Waals surface area contributed by atoms with E-state index < -0.39 is 11.0 Å². The van der Waals surface area contributed by atoms with Gasteiger partial charge in [0.05, 0.1) is 0 Å². The molecule has 0 aromatic carbocycles. The van der Waals surface area contributed by atoms with Gasteiger partial charge in [-0.05, 0) is 0 Å². The Morgan fingerprint density at radius 1 is 1.42 bits per heavy atom. The van der Waals surface area contributed by atoms with Crippen LogP contribution >= 0.6 is 0 Å². The second-order valence-electron chi connectivity index (χ2n) is 1.07. The van der Waals surface area contributed by atoms with Crippen LogP contribution in [-0.2, 0) is 25.3 Å². The van der Waals surface area contributed by atoms with Crippen molar-refractivity contribution in [1.29, 1.82) is 0 Å². The van der Waals surface area contributed by atoms with E-state index in [-0.39, 0.29) is 107 Å². The number of hydrogen-bond acceptors (Lipinski definition) is 4. The maximum atomic E-state index is 9.59. The van der Waals surface area contributed by atoms with Crippen LogP contribution in [0.15, 0.2) is 10.1 Å². The van der Waals surface area contributed by atoms with Crippen molar-refractivity contribution in [2.75, 3.05) is 0 Å². The number of nitrogens with two attached hydrogens (primary N) is 1. The Bertz CT molecular complexity index is 203. The topological polar surface area (TPSA) is 93.9 Å². The van der Waals surface area contributed by atoms with E-state index in [1.807, 2.05) is 0 Å². The van der Waals surface area contributed by atoms with E-state index in [0.29, 0.717) is 0 Å². The maximum Gasteiger partial charge on any atom is 1.00 e. The van der Waals surface area contributed by atoms with Gasteiger partial charge in [0.25, 0.3) is 5.96 Å². The third-order valence-electron chi connectivity index (χ3n) is 0.390. The summed E-state index contributed by atoms with van der Waals surface area (Å²) in [5.41, 5.74) is 4.86. The largest absolute Gasteiger partial charge is 1.00 e. The summed E-state index contributed by atoms with van der Waals surface area (Å²) in [6.45, 7) is 0. The third kappa shape index (κ3) is 14.8. The monoisotopic (exact) mass is 256 g/mol. The van der Waals surface area contributed by atoms with E-state index in [9.17, 15) is 10.1 Å². The van der Waals surface area contributed by atoms with Crippen LogP contribution in [0.4, 0.5) is 0 Å². The predicted octanol–water partition coefficient (Wildman–Crippen LogP) is -7.05. The zero-order chi connectivity index (χ0) is 8.15. The molecule has 0 saturated carbocycles. The number of nitrogens with zero attached hydrogens (tertiary/aromatic N) is 3. The van der Waals surface area contributed by atoms with E-state index in [1.165, 1.54) is 0 Å². The summed E-state index contributed by atoms with van der Waals surface area (Å²) < 4.78 is -0.205. The van der Waals surface area contributed by atoms with E-state index in [4.69, 9.17) is 5.73 Å². The fourth-order valence-corrected chi connectivity index (χ4v) is 0.387. The average molecular weight is 256 g/mol. The van der Waals surface area contributed by atoms with Gasteiger partial charge in [0.1, 0.15) is 5.10 Å². The minimum absolute atomic E-state index is 0. The molecule has 0 atom stereocenters. The Morgan fingerprint density at radius 2 is 1.83 bits per heavy atom. The van der Waals surface area contributed by atoms with Crippen LogP contribution in [0.3, 0.4) is 0 Å². The molecule has 0 aliphatic rings. The minimum Gasteiger partial charge on any atom is -0.788 e. The number of aliphatic imine (C=N–C) groups is 1. The zero-order valence-electron chi connectivity index (χ0n) is 6.55. The van der Waals surface area contributed by atoms with Crippen molar-refractivity contribution in [2.24, 2.45) is 15.8 Å². The van der Waals surface area contributed by atoms with Crippen LogP contribution in [-0.4, -0.2) is 15.4 Å². The Balaban J connectivity index is -0.000000405. The molecular weight excluding hydrogens is 254 g/mol. The van der Waals surface area contributed by atoms with Crippen molar-refractivity contribution in [3.05, 3.63) is 10.1 Å². The van der Waals surface area contributed by atoms with Crippen molar-refractivity contribution >= 4 is 35.6 Å². The molecule has 2 N–H and O–H groups in total. The first-order valence-corrected chi connectivity index (χ1v) is 2.75. The normalized spacial score (nSPS) is 8.83. The first-order valence-electron chi connectivity index (χ1n) is 1.93. The average Bonchev–Trinajstić information content (AvgIpc) is 1.58. The molecule has 0 fully saturated rings. The minimum atomic E-state index is -0.980. The number of hydrogen-bond donors (Lipinski definition) is 1.